The topological polar surface area (TPSA) is 24.7 Å². The first-order valence-electron chi connectivity index (χ1n) is 1.62. The van der Waals surface area contributed by atoms with Gasteiger partial charge in [-0.3, -0.25) is 4.27 Å². The Morgan fingerprint density at radius 2 is 2.50 bits per heavy atom. The molecule has 0 amide bonds. The van der Waals surface area contributed by atoms with Gasteiger partial charge in [0, 0.05) is 0 Å². The third kappa shape index (κ3) is 0.847. The average molecular weight is 118 g/mol. The van der Waals surface area contributed by atoms with Crippen LogP contribution in [0.5, 0.6) is 0 Å². The molecule has 0 aromatic carbocycles. The van der Waals surface area contributed by atoms with Gasteiger partial charge in [0.05, 0.1) is 11.4 Å². The zero-order chi connectivity index (χ0) is 4.41. The van der Waals surface area contributed by atoms with E-state index in [9.17, 15) is 0 Å². The second kappa shape index (κ2) is 1.79. The molecule has 0 N–H and O–H groups in total. The van der Waals surface area contributed by atoms with Gasteiger partial charge < -0.3 is 0 Å². The molecule has 32 valence electrons. The molecule has 0 saturated carbocycles. The maximum atomic E-state index is 3.95. The number of nitrogens with zero attached hydrogens (tertiary/aromatic N) is 2. The summed E-state index contributed by atoms with van der Waals surface area (Å²) in [6.45, 7) is 2.02. The van der Waals surface area contributed by atoms with E-state index in [-0.39, 0.29) is 0 Å². The van der Waals surface area contributed by atoms with Gasteiger partial charge in [-0.25, -0.2) is 0 Å². The Hall–Kier alpha value is 0.235. The van der Waals surface area contributed by atoms with Gasteiger partial charge in [0.2, 0.25) is 0 Å². The van der Waals surface area contributed by atoms with E-state index in [0.29, 0.717) is 6.13 Å². The Bertz CT molecular complexity index is 106. The molecule has 0 atom stereocenters. The molecular formula is CH3BN2S2. The van der Waals surface area contributed by atoms with Crippen molar-refractivity contribution in [2.45, 2.75) is 6.82 Å². The van der Waals surface area contributed by atoms with E-state index in [4.69, 9.17) is 0 Å². The zero-order valence-electron chi connectivity index (χ0n) is 3.29. The van der Waals surface area contributed by atoms with Crippen molar-refractivity contribution in [3.63, 3.8) is 0 Å². The van der Waals surface area contributed by atoms with E-state index in [2.05, 4.69) is 8.04 Å². The van der Waals surface area contributed by atoms with Crippen LogP contribution in [0.2, 0.25) is 6.82 Å². The summed E-state index contributed by atoms with van der Waals surface area (Å²) in [5.41, 5.74) is 0. The third-order valence-corrected chi connectivity index (χ3v) is 1.99. The molecule has 1 aliphatic heterocycles. The van der Waals surface area contributed by atoms with E-state index in [0.717, 1.165) is 0 Å². The van der Waals surface area contributed by atoms with Gasteiger partial charge >= 0.3 is 6.13 Å². The highest BCUT2D eigenvalue weighted by Crippen LogP contribution is 2.12. The minimum Gasteiger partial charge on any atom is -0.258 e. The number of hydrogen-bond acceptors (Lipinski definition) is 3. The lowest BCUT2D eigenvalue weighted by Gasteiger charge is -1.76. The van der Waals surface area contributed by atoms with Gasteiger partial charge in [0.25, 0.3) is 0 Å². The summed E-state index contributed by atoms with van der Waals surface area (Å²) in [5, 5.41) is 0. The largest absolute Gasteiger partial charge is 0.384 e. The first-order valence-corrected chi connectivity index (χ1v) is 3.19. The molecule has 0 fully saturated rings. The third-order valence-electron chi connectivity index (χ3n) is 0.424. The minimum absolute atomic E-state index is 0.384. The van der Waals surface area contributed by atoms with Crippen molar-refractivity contribution < 1.29 is 0 Å². The molecule has 0 saturated heterocycles. The Labute approximate surface area is 44.7 Å². The highest BCUT2D eigenvalue weighted by molar-refractivity contribution is 8.27. The summed E-state index contributed by atoms with van der Waals surface area (Å²) >= 11 is 2.81. The smallest absolute Gasteiger partial charge is 0.258 e. The number of hydrogen-bond donors (Lipinski definition) is 0. The Balaban J connectivity index is 2.55. The number of rotatable bonds is 0. The molecule has 2 nitrogen and oxygen atoms in total. The van der Waals surface area contributed by atoms with Gasteiger partial charge in [0.15, 0.2) is 0 Å². The summed E-state index contributed by atoms with van der Waals surface area (Å²) in [5.74, 6) is 0. The molecule has 0 radical (unpaired) electrons. The lowest BCUT2D eigenvalue weighted by molar-refractivity contribution is 1.92. The van der Waals surface area contributed by atoms with Crippen molar-refractivity contribution in [2.75, 3.05) is 0 Å². The first kappa shape index (κ1) is 4.40. The van der Waals surface area contributed by atoms with Crippen LogP contribution < -0.4 is 0 Å². The lowest BCUT2D eigenvalue weighted by Crippen LogP contribution is -1.87. The van der Waals surface area contributed by atoms with Crippen molar-refractivity contribution in [2.24, 2.45) is 8.04 Å². The van der Waals surface area contributed by atoms with Crippen LogP contribution in [0.25, 0.3) is 0 Å². The Morgan fingerprint density at radius 3 is 2.67 bits per heavy atom. The van der Waals surface area contributed by atoms with Crippen LogP contribution in [-0.2, 0) is 11.4 Å². The molecule has 5 heteroatoms. The maximum Gasteiger partial charge on any atom is 0.384 e. The van der Waals surface area contributed by atoms with E-state index in [1.165, 1.54) is 23.2 Å². The van der Waals surface area contributed by atoms with Crippen LogP contribution in [-0.4, -0.2) is 6.13 Å². The minimum atomic E-state index is 0.384. The molecule has 1 heterocycles. The maximum absolute atomic E-state index is 3.95. The van der Waals surface area contributed by atoms with Crippen LogP contribution in [0, 0.1) is 0 Å². The SMILES string of the molecule is CB1N=S=NS1. The molecule has 0 bridgehead atoms. The van der Waals surface area contributed by atoms with Gasteiger partial charge in [-0.2, -0.15) is 3.77 Å². The van der Waals surface area contributed by atoms with Gasteiger partial charge in [0.1, 0.15) is 0 Å². The van der Waals surface area contributed by atoms with Crippen molar-refractivity contribution >= 4 is 29.3 Å². The van der Waals surface area contributed by atoms with Crippen LogP contribution in [0.15, 0.2) is 8.04 Å². The molecule has 0 unspecified atom stereocenters. The van der Waals surface area contributed by atoms with Crippen molar-refractivity contribution in [3.05, 3.63) is 0 Å². The summed E-state index contributed by atoms with van der Waals surface area (Å²) in [7, 11) is 0. The highest BCUT2D eigenvalue weighted by Gasteiger charge is 2.06. The molecule has 1 aliphatic rings. The quantitative estimate of drug-likeness (QED) is 0.346. The summed E-state index contributed by atoms with van der Waals surface area (Å²) in [4.78, 5) is 0. The van der Waals surface area contributed by atoms with Gasteiger partial charge in [-0.05, 0) is 11.8 Å². The second-order valence-electron chi connectivity index (χ2n) is 0.966. The van der Waals surface area contributed by atoms with Crippen LogP contribution in [0.4, 0.5) is 0 Å². The lowest BCUT2D eigenvalue weighted by atomic mass is 10.0. The molecular weight excluding hydrogens is 115 g/mol. The summed E-state index contributed by atoms with van der Waals surface area (Å²) in [6.07, 6.45) is 0.384. The molecule has 0 spiro atoms. The predicted octanol–water partition coefficient (Wildman–Crippen LogP) is 1.22. The van der Waals surface area contributed by atoms with Crippen molar-refractivity contribution in [1.82, 2.24) is 0 Å². The first-order chi connectivity index (χ1) is 2.89. The fraction of sp³-hybridized carbons (Fsp3) is 1.00. The second-order valence-corrected chi connectivity index (χ2v) is 2.83. The van der Waals surface area contributed by atoms with E-state index >= 15 is 0 Å². The zero-order valence-corrected chi connectivity index (χ0v) is 4.92. The molecule has 0 aliphatic carbocycles. The highest BCUT2D eigenvalue weighted by atomic mass is 32.2. The Kier molecular flexibility index (Phi) is 1.31. The van der Waals surface area contributed by atoms with E-state index in [1.807, 2.05) is 6.82 Å². The fourth-order valence-corrected chi connectivity index (χ4v) is 1.39. The van der Waals surface area contributed by atoms with E-state index < -0.39 is 0 Å². The molecule has 1 rings (SSSR count). The monoisotopic (exact) mass is 118 g/mol. The Morgan fingerprint density at radius 1 is 1.67 bits per heavy atom. The van der Waals surface area contributed by atoms with Gasteiger partial charge in [-0.1, -0.05) is 6.82 Å². The van der Waals surface area contributed by atoms with Gasteiger partial charge in [-0.15, -0.1) is 0 Å². The molecule has 0 aromatic rings. The average Bonchev–Trinajstić information content (AvgIpc) is 1.86. The van der Waals surface area contributed by atoms with Crippen molar-refractivity contribution in [1.29, 1.82) is 0 Å². The van der Waals surface area contributed by atoms with Crippen LogP contribution >= 0.6 is 11.8 Å². The van der Waals surface area contributed by atoms with E-state index in [1.54, 1.807) is 0 Å². The molecule has 0 aromatic heterocycles. The molecule has 6 heavy (non-hydrogen) atoms. The van der Waals surface area contributed by atoms with Crippen LogP contribution in [0.1, 0.15) is 0 Å². The predicted molar refractivity (Wildman–Crippen MR) is 31.4 cm³/mol. The summed E-state index contributed by atoms with van der Waals surface area (Å²) in [6, 6.07) is 0. The summed E-state index contributed by atoms with van der Waals surface area (Å²) < 4.78 is 7.78. The fourth-order valence-electron chi connectivity index (χ4n) is 0.186. The standard InChI is InChI=1S/CH3BN2S2/c1-2-3-6-4-5-2/h1H3. The van der Waals surface area contributed by atoms with Crippen molar-refractivity contribution in [3.8, 4) is 0 Å². The van der Waals surface area contributed by atoms with Crippen LogP contribution in [0.3, 0.4) is 0 Å². The normalized spacial score (nSPS) is 18.5.